The lowest BCUT2D eigenvalue weighted by Gasteiger charge is -2.07. The summed E-state index contributed by atoms with van der Waals surface area (Å²) < 4.78 is 5.72. The highest BCUT2D eigenvalue weighted by Crippen LogP contribution is 2.22. The Hall–Kier alpha value is -3.55. The van der Waals surface area contributed by atoms with Crippen LogP contribution in [0.25, 0.3) is 11.6 Å². The van der Waals surface area contributed by atoms with Crippen molar-refractivity contribution in [2.45, 2.75) is 6.61 Å². The molecule has 0 aliphatic heterocycles. The van der Waals surface area contributed by atoms with Crippen molar-refractivity contribution in [3.63, 3.8) is 0 Å². The highest BCUT2D eigenvalue weighted by atomic mass is 35.5. The summed E-state index contributed by atoms with van der Waals surface area (Å²) in [7, 11) is 0. The van der Waals surface area contributed by atoms with Crippen molar-refractivity contribution in [1.82, 2.24) is 0 Å². The Labute approximate surface area is 167 Å². The Balaban J connectivity index is 1.69. The van der Waals surface area contributed by atoms with Crippen molar-refractivity contribution in [1.29, 1.82) is 5.26 Å². The van der Waals surface area contributed by atoms with Crippen molar-refractivity contribution < 1.29 is 14.6 Å². The van der Waals surface area contributed by atoms with Crippen LogP contribution >= 0.6 is 11.6 Å². The molecule has 0 bridgehead atoms. The number of benzene rings is 3. The molecule has 5 heteroatoms. The minimum absolute atomic E-state index is 0.229. The van der Waals surface area contributed by atoms with E-state index in [-0.39, 0.29) is 12.2 Å². The Morgan fingerprint density at radius 1 is 1.04 bits per heavy atom. The Morgan fingerprint density at radius 2 is 1.75 bits per heavy atom. The first-order valence-corrected chi connectivity index (χ1v) is 8.86. The van der Waals surface area contributed by atoms with Crippen molar-refractivity contribution in [3.8, 4) is 11.8 Å². The molecule has 0 atom stereocenters. The van der Waals surface area contributed by atoms with Crippen LogP contribution in [0.5, 0.6) is 5.75 Å². The lowest BCUT2D eigenvalue weighted by atomic mass is 10.0. The van der Waals surface area contributed by atoms with Gasteiger partial charge in [-0.15, -0.1) is 0 Å². The minimum atomic E-state index is -0.966. The van der Waals surface area contributed by atoms with E-state index >= 15 is 0 Å². The SMILES string of the molecule is N#C/C(=C\c1ccc(OCc2cccc(C(=O)O)c2)cc1)c1ccc(Cl)cc1. The number of carboxylic acids is 1. The van der Waals surface area contributed by atoms with Crippen LogP contribution in [0.4, 0.5) is 0 Å². The molecule has 3 aromatic carbocycles. The third kappa shape index (κ3) is 5.00. The second-order valence-corrected chi connectivity index (χ2v) is 6.48. The largest absolute Gasteiger partial charge is 0.489 e. The molecule has 0 aromatic heterocycles. The molecule has 4 nitrogen and oxygen atoms in total. The standard InChI is InChI=1S/C23H16ClNO3/c24-21-8-6-18(7-9-21)20(14-25)12-16-4-10-22(11-5-16)28-15-17-2-1-3-19(13-17)23(26)27/h1-13H,15H2,(H,26,27)/b20-12+. The first-order valence-electron chi connectivity index (χ1n) is 8.48. The molecule has 138 valence electrons. The first-order chi connectivity index (χ1) is 13.5. The van der Waals surface area contributed by atoms with Gasteiger partial charge in [0.05, 0.1) is 17.2 Å². The van der Waals surface area contributed by atoms with Crippen LogP contribution in [0.1, 0.15) is 27.0 Å². The lowest BCUT2D eigenvalue weighted by Crippen LogP contribution is -2.00. The number of ether oxygens (including phenoxy) is 1. The van der Waals surface area contributed by atoms with E-state index in [0.717, 1.165) is 16.7 Å². The Bertz CT molecular complexity index is 1050. The number of carboxylic acid groups (broad SMARTS) is 1. The monoisotopic (exact) mass is 389 g/mol. The average molecular weight is 390 g/mol. The molecule has 0 amide bonds. The van der Waals surface area contributed by atoms with Gasteiger partial charge >= 0.3 is 5.97 Å². The number of nitriles is 1. The number of halogens is 1. The molecule has 0 spiro atoms. The van der Waals surface area contributed by atoms with Crippen molar-refractivity contribution in [2.75, 3.05) is 0 Å². The van der Waals surface area contributed by atoms with E-state index in [2.05, 4.69) is 6.07 Å². The van der Waals surface area contributed by atoms with Crippen LogP contribution in [-0.4, -0.2) is 11.1 Å². The van der Waals surface area contributed by atoms with Crippen LogP contribution in [-0.2, 0) is 6.61 Å². The zero-order chi connectivity index (χ0) is 19.9. The Kier molecular flexibility index (Phi) is 6.11. The van der Waals surface area contributed by atoms with Crippen molar-refractivity contribution >= 4 is 29.2 Å². The second kappa shape index (κ2) is 8.90. The molecule has 0 radical (unpaired) electrons. The van der Waals surface area contributed by atoms with Gasteiger partial charge in [-0.05, 0) is 59.2 Å². The predicted octanol–water partition coefficient (Wildman–Crippen LogP) is 5.68. The molecular formula is C23H16ClNO3. The quantitative estimate of drug-likeness (QED) is 0.434. The number of nitrogens with zero attached hydrogens (tertiary/aromatic N) is 1. The Morgan fingerprint density at radius 3 is 2.39 bits per heavy atom. The van der Waals surface area contributed by atoms with E-state index in [1.54, 1.807) is 48.5 Å². The van der Waals surface area contributed by atoms with Gasteiger partial charge in [0.25, 0.3) is 0 Å². The number of hydrogen-bond donors (Lipinski definition) is 1. The van der Waals surface area contributed by atoms with E-state index < -0.39 is 5.97 Å². The fourth-order valence-electron chi connectivity index (χ4n) is 2.60. The summed E-state index contributed by atoms with van der Waals surface area (Å²) in [5, 5.41) is 19.1. The zero-order valence-electron chi connectivity index (χ0n) is 14.8. The molecule has 28 heavy (non-hydrogen) atoms. The third-order valence-electron chi connectivity index (χ3n) is 4.05. The van der Waals surface area contributed by atoms with E-state index in [4.69, 9.17) is 21.4 Å². The van der Waals surface area contributed by atoms with Crippen LogP contribution < -0.4 is 4.74 Å². The topological polar surface area (TPSA) is 70.3 Å². The summed E-state index contributed by atoms with van der Waals surface area (Å²) in [6, 6.07) is 23.3. The molecular weight excluding hydrogens is 374 g/mol. The molecule has 0 saturated heterocycles. The van der Waals surface area contributed by atoms with Gasteiger partial charge in [0.15, 0.2) is 0 Å². The number of rotatable bonds is 6. The zero-order valence-corrected chi connectivity index (χ0v) is 15.6. The van der Waals surface area contributed by atoms with E-state index in [1.165, 1.54) is 0 Å². The number of carbonyl (C=O) groups is 1. The number of hydrogen-bond acceptors (Lipinski definition) is 3. The number of aromatic carboxylic acids is 1. The van der Waals surface area contributed by atoms with Crippen molar-refractivity contribution in [2.24, 2.45) is 0 Å². The molecule has 0 heterocycles. The van der Waals surface area contributed by atoms with Crippen LogP contribution in [0.3, 0.4) is 0 Å². The summed E-state index contributed by atoms with van der Waals surface area (Å²) in [6.07, 6.45) is 1.79. The molecule has 0 aliphatic rings. The molecule has 0 unspecified atom stereocenters. The van der Waals surface area contributed by atoms with Gasteiger partial charge < -0.3 is 9.84 Å². The highest BCUT2D eigenvalue weighted by molar-refractivity contribution is 6.30. The van der Waals surface area contributed by atoms with E-state index in [0.29, 0.717) is 16.3 Å². The fraction of sp³-hybridized carbons (Fsp3) is 0.0435. The average Bonchev–Trinajstić information content (AvgIpc) is 2.72. The van der Waals surface area contributed by atoms with Gasteiger partial charge in [-0.3, -0.25) is 0 Å². The molecule has 3 rings (SSSR count). The fourth-order valence-corrected chi connectivity index (χ4v) is 2.72. The van der Waals surface area contributed by atoms with E-state index in [1.807, 2.05) is 30.3 Å². The van der Waals surface area contributed by atoms with Gasteiger partial charge in [-0.2, -0.15) is 5.26 Å². The highest BCUT2D eigenvalue weighted by Gasteiger charge is 2.04. The summed E-state index contributed by atoms with van der Waals surface area (Å²) in [4.78, 5) is 11.0. The van der Waals surface area contributed by atoms with Gasteiger partial charge in [-0.1, -0.05) is 48.0 Å². The summed E-state index contributed by atoms with van der Waals surface area (Å²) >= 11 is 5.89. The minimum Gasteiger partial charge on any atom is -0.489 e. The maximum Gasteiger partial charge on any atom is 0.335 e. The summed E-state index contributed by atoms with van der Waals surface area (Å²) in [5.74, 6) is -0.310. The molecule has 0 saturated carbocycles. The van der Waals surface area contributed by atoms with Crippen LogP contribution in [0, 0.1) is 11.3 Å². The predicted molar refractivity (Wildman–Crippen MR) is 109 cm³/mol. The maximum atomic E-state index is 11.0. The lowest BCUT2D eigenvalue weighted by molar-refractivity contribution is 0.0696. The molecule has 0 aliphatic carbocycles. The number of allylic oxidation sites excluding steroid dienone is 1. The first kappa shape index (κ1) is 19.2. The summed E-state index contributed by atoms with van der Waals surface area (Å²) in [6.45, 7) is 0.268. The summed E-state index contributed by atoms with van der Waals surface area (Å²) in [5.41, 5.74) is 3.21. The van der Waals surface area contributed by atoms with Crippen LogP contribution in [0.2, 0.25) is 5.02 Å². The normalized spacial score (nSPS) is 10.9. The van der Waals surface area contributed by atoms with Gasteiger partial charge in [-0.25, -0.2) is 4.79 Å². The van der Waals surface area contributed by atoms with E-state index in [9.17, 15) is 10.1 Å². The van der Waals surface area contributed by atoms with Gasteiger partial charge in [0.1, 0.15) is 12.4 Å². The van der Waals surface area contributed by atoms with Gasteiger partial charge in [0, 0.05) is 5.02 Å². The van der Waals surface area contributed by atoms with Crippen molar-refractivity contribution in [3.05, 3.63) is 100 Å². The van der Waals surface area contributed by atoms with Crippen LogP contribution in [0.15, 0.2) is 72.8 Å². The second-order valence-electron chi connectivity index (χ2n) is 6.04. The molecule has 3 aromatic rings. The molecule has 0 fully saturated rings. The third-order valence-corrected chi connectivity index (χ3v) is 4.30. The van der Waals surface area contributed by atoms with Gasteiger partial charge in [0.2, 0.25) is 0 Å². The molecule has 1 N–H and O–H groups in total. The maximum absolute atomic E-state index is 11.0. The smallest absolute Gasteiger partial charge is 0.335 e.